The fraction of sp³-hybridized carbons (Fsp3) is 0.261. The van der Waals surface area contributed by atoms with E-state index in [9.17, 15) is 31.7 Å². The van der Waals surface area contributed by atoms with Crippen molar-refractivity contribution in [1.82, 2.24) is 33.9 Å². The molecule has 18 heteroatoms. The number of halogens is 4. The topological polar surface area (TPSA) is 170 Å². The van der Waals surface area contributed by atoms with Crippen LogP contribution in [0.5, 0.6) is 0 Å². The highest BCUT2D eigenvalue weighted by molar-refractivity contribution is 7.46. The Bertz CT molecular complexity index is 1990. The predicted molar refractivity (Wildman–Crippen MR) is 132 cm³/mol. The normalized spacial score (nSPS) is 17.5. The number of hydrogen-bond acceptors (Lipinski definition) is 7. The number of imidazole rings is 1. The van der Waals surface area contributed by atoms with Crippen molar-refractivity contribution >= 4 is 24.4 Å². The highest BCUT2D eigenvalue weighted by atomic mass is 31.2. The van der Waals surface area contributed by atoms with E-state index in [0.717, 1.165) is 27.2 Å². The number of aromatic nitrogens is 7. The van der Waals surface area contributed by atoms with Gasteiger partial charge in [0, 0.05) is 17.1 Å². The number of alkyl halides is 3. The molecule has 0 saturated heterocycles. The van der Waals surface area contributed by atoms with Gasteiger partial charge in [0.2, 0.25) is 5.95 Å². The molecule has 0 bridgehead atoms. The molecule has 0 amide bonds. The molecule has 214 valence electrons. The van der Waals surface area contributed by atoms with Gasteiger partial charge in [0.25, 0.3) is 5.56 Å². The molecule has 0 aliphatic heterocycles. The summed E-state index contributed by atoms with van der Waals surface area (Å²) < 4.78 is 71.5. The molecule has 1 aliphatic rings. The Morgan fingerprint density at radius 3 is 2.66 bits per heavy atom. The van der Waals surface area contributed by atoms with Crippen LogP contribution >= 0.6 is 7.82 Å². The van der Waals surface area contributed by atoms with Crippen LogP contribution in [0.4, 0.5) is 17.6 Å². The van der Waals surface area contributed by atoms with Crippen LogP contribution in [0.1, 0.15) is 29.4 Å². The first-order valence-electron chi connectivity index (χ1n) is 11.9. The van der Waals surface area contributed by atoms with Gasteiger partial charge in [-0.3, -0.25) is 23.6 Å². The Balaban J connectivity index is 1.39. The Hall–Kier alpha value is -4.18. The molecular formula is C23H18F4N7O6P. The average Bonchev–Trinajstić information content (AvgIpc) is 3.46. The summed E-state index contributed by atoms with van der Waals surface area (Å²) >= 11 is 0. The van der Waals surface area contributed by atoms with Crippen LogP contribution in [0.3, 0.4) is 0 Å². The summed E-state index contributed by atoms with van der Waals surface area (Å²) in [6.45, 7) is -2.13. The van der Waals surface area contributed by atoms with Crippen LogP contribution in [-0.4, -0.2) is 49.9 Å². The minimum atomic E-state index is -4.95. The highest BCUT2D eigenvalue weighted by Crippen LogP contribution is 2.56. The molecule has 0 spiro atoms. The molecule has 4 aromatic heterocycles. The molecule has 4 heterocycles. The van der Waals surface area contributed by atoms with Gasteiger partial charge < -0.3 is 9.79 Å². The minimum Gasteiger partial charge on any atom is -0.303 e. The molecule has 1 unspecified atom stereocenters. The molecule has 1 aliphatic carbocycles. The van der Waals surface area contributed by atoms with Gasteiger partial charge in [-0.15, -0.1) is 0 Å². The van der Waals surface area contributed by atoms with Crippen LogP contribution < -0.4 is 11.2 Å². The molecule has 5 aromatic rings. The average molecular weight is 595 g/mol. The number of benzene rings is 1. The van der Waals surface area contributed by atoms with Crippen LogP contribution in [0.15, 0.2) is 52.4 Å². The molecule has 0 radical (unpaired) electrons. The highest BCUT2D eigenvalue weighted by Gasteiger charge is 2.42. The maximum atomic E-state index is 14.6. The summed E-state index contributed by atoms with van der Waals surface area (Å²) in [4.78, 5) is 48.8. The SMILES string of the molecule is O=c1[nH]c(=O)n(COP(=O)(O)O)cc1-c1cc(C2C[C@H]2c2ccc3cnn(CC(F)(F)F)c3c2)c2ncc(F)n2n1. The van der Waals surface area contributed by atoms with E-state index in [1.807, 2.05) is 4.98 Å². The van der Waals surface area contributed by atoms with Crippen molar-refractivity contribution in [2.24, 2.45) is 0 Å². The van der Waals surface area contributed by atoms with Crippen LogP contribution in [0.2, 0.25) is 0 Å². The number of phosphoric acid groups is 1. The maximum Gasteiger partial charge on any atom is 0.471 e. The van der Waals surface area contributed by atoms with Crippen LogP contribution in [-0.2, 0) is 22.4 Å². The van der Waals surface area contributed by atoms with Crippen molar-refractivity contribution in [2.45, 2.75) is 37.7 Å². The van der Waals surface area contributed by atoms with Gasteiger partial charge in [-0.05, 0) is 36.0 Å². The zero-order valence-corrected chi connectivity index (χ0v) is 21.4. The van der Waals surface area contributed by atoms with Crippen molar-refractivity contribution in [3.8, 4) is 11.3 Å². The van der Waals surface area contributed by atoms with Crippen LogP contribution in [0.25, 0.3) is 27.8 Å². The van der Waals surface area contributed by atoms with E-state index < -0.39 is 44.5 Å². The second kappa shape index (κ2) is 9.44. The number of nitrogens with one attached hydrogen (secondary N) is 1. The summed E-state index contributed by atoms with van der Waals surface area (Å²) in [6, 6.07) is 6.57. The lowest BCUT2D eigenvalue weighted by Crippen LogP contribution is -2.31. The Kier molecular flexibility index (Phi) is 6.22. The molecule has 13 nitrogen and oxygen atoms in total. The fourth-order valence-corrected chi connectivity index (χ4v) is 5.09. The van der Waals surface area contributed by atoms with Gasteiger partial charge in [0.1, 0.15) is 13.3 Å². The number of hydrogen-bond donors (Lipinski definition) is 3. The summed E-state index contributed by atoms with van der Waals surface area (Å²) in [7, 11) is -4.95. The van der Waals surface area contributed by atoms with E-state index in [0.29, 0.717) is 27.5 Å². The first-order chi connectivity index (χ1) is 19.3. The monoisotopic (exact) mass is 595 g/mol. The third-order valence-corrected chi connectivity index (χ3v) is 7.17. The first-order valence-corrected chi connectivity index (χ1v) is 13.4. The molecule has 1 aromatic carbocycles. The molecule has 6 rings (SSSR count). The number of H-pyrrole nitrogens is 1. The smallest absolute Gasteiger partial charge is 0.303 e. The molecule has 3 N–H and O–H groups in total. The lowest BCUT2D eigenvalue weighted by molar-refractivity contribution is -0.141. The minimum absolute atomic E-state index is 0.0695. The molecular weight excluding hydrogens is 577 g/mol. The van der Waals surface area contributed by atoms with Gasteiger partial charge in [-0.25, -0.2) is 14.3 Å². The van der Waals surface area contributed by atoms with E-state index in [-0.39, 0.29) is 28.7 Å². The Morgan fingerprint density at radius 2 is 1.93 bits per heavy atom. The lowest BCUT2D eigenvalue weighted by atomic mass is 10.0. The van der Waals surface area contributed by atoms with Crippen LogP contribution in [0, 0.1) is 5.95 Å². The standard InChI is InChI=1S/C23H18F4N7O6P/c24-19-7-28-20-15(14-4-13(14)11-1-2-12-6-29-33(18(12)3-11)9-23(25,26)27)5-17(31-34(19)20)16-8-32(10-40-41(37,38)39)22(36)30-21(16)35/h1-3,5-8,13-14H,4,9-10H2,(H,30,35,36)(H2,37,38,39)/t13-,14?/m0/s1. The number of phosphoric ester groups is 1. The van der Waals surface area contributed by atoms with Crippen molar-refractivity contribution in [1.29, 1.82) is 0 Å². The second-order valence-electron chi connectivity index (χ2n) is 9.51. The number of aromatic amines is 1. The Labute approximate surface area is 224 Å². The molecule has 2 atom stereocenters. The largest absolute Gasteiger partial charge is 0.471 e. The van der Waals surface area contributed by atoms with Gasteiger partial charge in [0.05, 0.1) is 29.2 Å². The van der Waals surface area contributed by atoms with E-state index in [2.05, 4.69) is 19.7 Å². The third kappa shape index (κ3) is 5.31. The molecule has 1 saturated carbocycles. The fourth-order valence-electron chi connectivity index (χ4n) is 4.82. The summed E-state index contributed by atoms with van der Waals surface area (Å²) in [5, 5.41) is 8.50. The summed E-state index contributed by atoms with van der Waals surface area (Å²) in [6.07, 6.45) is -0.651. The van der Waals surface area contributed by atoms with E-state index in [4.69, 9.17) is 9.79 Å². The van der Waals surface area contributed by atoms with Crippen molar-refractivity contribution < 1.29 is 36.4 Å². The number of rotatable bonds is 7. The summed E-state index contributed by atoms with van der Waals surface area (Å²) in [5.41, 5.74) is -0.487. The van der Waals surface area contributed by atoms with Gasteiger partial charge in [-0.2, -0.15) is 32.3 Å². The predicted octanol–water partition coefficient (Wildman–Crippen LogP) is 2.64. The Morgan fingerprint density at radius 1 is 1.15 bits per heavy atom. The maximum absolute atomic E-state index is 14.6. The zero-order valence-electron chi connectivity index (χ0n) is 20.5. The lowest BCUT2D eigenvalue weighted by Gasteiger charge is -2.11. The molecule has 1 fully saturated rings. The zero-order chi connectivity index (χ0) is 29.3. The quantitative estimate of drug-likeness (QED) is 0.189. The van der Waals surface area contributed by atoms with Gasteiger partial charge >= 0.3 is 19.7 Å². The third-order valence-electron chi connectivity index (χ3n) is 6.72. The van der Waals surface area contributed by atoms with E-state index >= 15 is 0 Å². The van der Waals surface area contributed by atoms with E-state index in [1.54, 1.807) is 18.2 Å². The summed E-state index contributed by atoms with van der Waals surface area (Å²) in [5.74, 6) is -1.27. The second-order valence-corrected chi connectivity index (χ2v) is 10.7. The van der Waals surface area contributed by atoms with Crippen molar-refractivity contribution in [3.05, 3.63) is 80.8 Å². The number of nitrogens with zero attached hydrogens (tertiary/aromatic N) is 6. The van der Waals surface area contributed by atoms with Gasteiger partial charge in [-0.1, -0.05) is 12.1 Å². The first kappa shape index (κ1) is 27.0. The molecule has 41 heavy (non-hydrogen) atoms. The van der Waals surface area contributed by atoms with E-state index in [1.165, 1.54) is 12.3 Å². The van der Waals surface area contributed by atoms with Crippen molar-refractivity contribution in [2.75, 3.05) is 0 Å². The van der Waals surface area contributed by atoms with Crippen molar-refractivity contribution in [3.63, 3.8) is 0 Å². The van der Waals surface area contributed by atoms with Gasteiger partial charge in [0.15, 0.2) is 5.65 Å². The number of fused-ring (bicyclic) bond motifs is 2.